The molecule has 1 aromatic rings. The van der Waals surface area contributed by atoms with Gasteiger partial charge in [0.25, 0.3) is 0 Å². The summed E-state index contributed by atoms with van der Waals surface area (Å²) in [7, 11) is 0. The van der Waals surface area contributed by atoms with Gasteiger partial charge < -0.3 is 10.5 Å². The summed E-state index contributed by atoms with van der Waals surface area (Å²) in [4.78, 5) is 6.45. The summed E-state index contributed by atoms with van der Waals surface area (Å²) in [5.74, 6) is -0.0783. The van der Waals surface area contributed by atoms with Gasteiger partial charge in [-0.2, -0.15) is 0 Å². The Morgan fingerprint density at radius 1 is 1.50 bits per heavy atom. The molecule has 1 aliphatic rings. The summed E-state index contributed by atoms with van der Waals surface area (Å²) >= 11 is 0. The van der Waals surface area contributed by atoms with Crippen LogP contribution in [0.1, 0.15) is 32.5 Å². The van der Waals surface area contributed by atoms with Crippen LogP contribution >= 0.6 is 0 Å². The van der Waals surface area contributed by atoms with Crippen molar-refractivity contribution in [3.8, 4) is 0 Å². The molecule has 0 radical (unpaired) electrons. The molecular weight excluding hydrogens is 257 g/mol. The van der Waals surface area contributed by atoms with Gasteiger partial charge in [-0.1, -0.05) is 6.92 Å². The van der Waals surface area contributed by atoms with E-state index in [1.165, 1.54) is 12.3 Å². The van der Waals surface area contributed by atoms with Gasteiger partial charge in [0.2, 0.25) is 0 Å². The smallest absolute Gasteiger partial charge is 0.141 e. The van der Waals surface area contributed by atoms with Crippen LogP contribution in [0.25, 0.3) is 0 Å². The molecule has 2 N–H and O–H groups in total. The minimum absolute atomic E-state index is 0.101. The Bertz CT molecular complexity index is 435. The van der Waals surface area contributed by atoms with E-state index in [1.54, 1.807) is 6.07 Å². The molecule has 1 aromatic heterocycles. The fourth-order valence-electron chi connectivity index (χ4n) is 2.67. The Balaban J connectivity index is 1.93. The van der Waals surface area contributed by atoms with E-state index in [0.717, 1.165) is 31.9 Å². The number of nitrogens with two attached hydrogens (primary N) is 1. The third kappa shape index (κ3) is 3.98. The topological polar surface area (TPSA) is 51.4 Å². The van der Waals surface area contributed by atoms with E-state index in [-0.39, 0.29) is 23.4 Å². The van der Waals surface area contributed by atoms with E-state index < -0.39 is 0 Å². The maximum absolute atomic E-state index is 12.9. The summed E-state index contributed by atoms with van der Waals surface area (Å²) in [5, 5.41) is 0. The van der Waals surface area contributed by atoms with Crippen LogP contribution in [-0.2, 0) is 4.74 Å². The molecule has 1 saturated heterocycles. The van der Waals surface area contributed by atoms with E-state index in [1.807, 2.05) is 0 Å². The molecule has 112 valence electrons. The predicted molar refractivity (Wildman–Crippen MR) is 76.8 cm³/mol. The minimum atomic E-state index is -0.330. The largest absolute Gasteiger partial charge is 0.373 e. The Morgan fingerprint density at radius 2 is 2.25 bits per heavy atom. The maximum Gasteiger partial charge on any atom is 0.141 e. The van der Waals surface area contributed by atoms with Crippen molar-refractivity contribution in [1.82, 2.24) is 9.88 Å². The minimum Gasteiger partial charge on any atom is -0.373 e. The molecule has 0 amide bonds. The van der Waals surface area contributed by atoms with Crippen LogP contribution in [0.3, 0.4) is 0 Å². The van der Waals surface area contributed by atoms with Crippen molar-refractivity contribution in [2.75, 3.05) is 26.2 Å². The number of hydrogen-bond donors (Lipinski definition) is 1. The molecule has 2 rings (SSSR count). The van der Waals surface area contributed by atoms with Gasteiger partial charge in [-0.05, 0) is 31.9 Å². The van der Waals surface area contributed by atoms with Gasteiger partial charge in [-0.25, -0.2) is 4.39 Å². The standard InChI is InChI=1S/C15H24FN3O/c1-11(9-19-6-7-20-15(2,3)10-19)14(17)13-5-4-12(16)8-18-13/h4-5,8,11,14H,6-7,9-10,17H2,1-3H3. The zero-order chi connectivity index (χ0) is 14.8. The Labute approximate surface area is 120 Å². The van der Waals surface area contributed by atoms with Crippen LogP contribution < -0.4 is 5.73 Å². The first-order valence-electron chi connectivity index (χ1n) is 7.11. The van der Waals surface area contributed by atoms with Crippen LogP contribution in [0.5, 0.6) is 0 Å². The van der Waals surface area contributed by atoms with Gasteiger partial charge in [0.05, 0.1) is 30.1 Å². The second-order valence-corrected chi connectivity index (χ2v) is 6.25. The summed E-state index contributed by atoms with van der Waals surface area (Å²) in [6.07, 6.45) is 1.22. The molecule has 2 atom stereocenters. The molecule has 0 spiro atoms. The van der Waals surface area contributed by atoms with E-state index in [2.05, 4.69) is 30.7 Å². The number of rotatable bonds is 4. The van der Waals surface area contributed by atoms with Crippen molar-refractivity contribution in [3.63, 3.8) is 0 Å². The highest BCUT2D eigenvalue weighted by Gasteiger charge is 2.29. The van der Waals surface area contributed by atoms with Crippen molar-refractivity contribution in [3.05, 3.63) is 29.8 Å². The van der Waals surface area contributed by atoms with E-state index in [4.69, 9.17) is 10.5 Å². The lowest BCUT2D eigenvalue weighted by Gasteiger charge is -2.39. The number of pyridine rings is 1. The van der Waals surface area contributed by atoms with Crippen molar-refractivity contribution >= 4 is 0 Å². The number of hydrogen-bond acceptors (Lipinski definition) is 4. The van der Waals surface area contributed by atoms with Crippen LogP contribution in [0.15, 0.2) is 18.3 Å². The van der Waals surface area contributed by atoms with Crippen LogP contribution in [0.4, 0.5) is 4.39 Å². The fourth-order valence-corrected chi connectivity index (χ4v) is 2.67. The second kappa shape index (κ2) is 6.16. The molecule has 20 heavy (non-hydrogen) atoms. The molecule has 0 bridgehead atoms. The van der Waals surface area contributed by atoms with Gasteiger partial charge in [0, 0.05) is 19.6 Å². The van der Waals surface area contributed by atoms with Crippen molar-refractivity contribution in [2.24, 2.45) is 11.7 Å². The first-order valence-corrected chi connectivity index (χ1v) is 7.11. The maximum atomic E-state index is 12.9. The summed E-state index contributed by atoms with van der Waals surface area (Å²) in [5.41, 5.74) is 6.87. The monoisotopic (exact) mass is 281 g/mol. The lowest BCUT2D eigenvalue weighted by atomic mass is 9.97. The molecule has 2 unspecified atom stereocenters. The Kier molecular flexibility index (Phi) is 4.73. The molecule has 2 heterocycles. The number of ether oxygens (including phenoxy) is 1. The van der Waals surface area contributed by atoms with Crippen molar-refractivity contribution < 1.29 is 9.13 Å². The number of aromatic nitrogens is 1. The average Bonchev–Trinajstić information content (AvgIpc) is 2.37. The first kappa shape index (κ1) is 15.4. The molecule has 0 aromatic carbocycles. The van der Waals surface area contributed by atoms with Crippen LogP contribution in [0.2, 0.25) is 0 Å². The first-order chi connectivity index (χ1) is 9.37. The highest BCUT2D eigenvalue weighted by Crippen LogP contribution is 2.22. The van der Waals surface area contributed by atoms with Gasteiger partial charge in [-0.15, -0.1) is 0 Å². The lowest BCUT2D eigenvalue weighted by Crippen LogP contribution is -2.50. The summed E-state index contributed by atoms with van der Waals surface area (Å²) in [6.45, 7) is 9.80. The highest BCUT2D eigenvalue weighted by molar-refractivity contribution is 5.10. The van der Waals surface area contributed by atoms with E-state index in [9.17, 15) is 4.39 Å². The fraction of sp³-hybridized carbons (Fsp3) is 0.667. The second-order valence-electron chi connectivity index (χ2n) is 6.25. The molecular formula is C15H24FN3O. The Morgan fingerprint density at radius 3 is 2.85 bits per heavy atom. The third-order valence-electron chi connectivity index (χ3n) is 3.76. The highest BCUT2D eigenvalue weighted by atomic mass is 19.1. The van der Waals surface area contributed by atoms with Crippen LogP contribution in [-0.4, -0.2) is 41.7 Å². The van der Waals surface area contributed by atoms with Gasteiger partial charge >= 0.3 is 0 Å². The Hall–Kier alpha value is -1.04. The molecule has 1 fully saturated rings. The zero-order valence-corrected chi connectivity index (χ0v) is 12.5. The predicted octanol–water partition coefficient (Wildman–Crippen LogP) is 1.97. The van der Waals surface area contributed by atoms with Gasteiger partial charge in [0.15, 0.2) is 0 Å². The molecule has 5 heteroatoms. The molecule has 0 aliphatic carbocycles. The number of halogens is 1. The van der Waals surface area contributed by atoms with E-state index >= 15 is 0 Å². The normalized spacial score (nSPS) is 22.4. The zero-order valence-electron chi connectivity index (χ0n) is 12.5. The van der Waals surface area contributed by atoms with Crippen molar-refractivity contribution in [2.45, 2.75) is 32.4 Å². The molecule has 1 aliphatic heterocycles. The average molecular weight is 281 g/mol. The summed E-state index contributed by atoms with van der Waals surface area (Å²) < 4.78 is 18.6. The van der Waals surface area contributed by atoms with E-state index in [0.29, 0.717) is 0 Å². The third-order valence-corrected chi connectivity index (χ3v) is 3.76. The molecule has 4 nitrogen and oxygen atoms in total. The van der Waals surface area contributed by atoms with Gasteiger partial charge in [0.1, 0.15) is 5.82 Å². The van der Waals surface area contributed by atoms with Crippen molar-refractivity contribution in [1.29, 1.82) is 0 Å². The van der Waals surface area contributed by atoms with Gasteiger partial charge in [-0.3, -0.25) is 9.88 Å². The molecule has 0 saturated carbocycles. The SMILES string of the molecule is CC(CN1CCOC(C)(C)C1)C(N)c1ccc(F)cn1. The lowest BCUT2D eigenvalue weighted by molar-refractivity contribution is -0.0891. The quantitative estimate of drug-likeness (QED) is 0.916. The number of morpholine rings is 1. The summed E-state index contributed by atoms with van der Waals surface area (Å²) in [6, 6.07) is 2.90. The van der Waals surface area contributed by atoms with Crippen LogP contribution in [0, 0.1) is 11.7 Å². The number of nitrogens with zero attached hydrogens (tertiary/aromatic N) is 2.